The molecule has 140 valence electrons. The highest BCUT2D eigenvalue weighted by molar-refractivity contribution is 5.92. The molecule has 5 heteroatoms. The lowest BCUT2D eigenvalue weighted by atomic mass is 10.1. The molecule has 4 rings (SSSR count). The predicted molar refractivity (Wildman–Crippen MR) is 110 cm³/mol. The number of imidazole rings is 1. The second-order valence-electron chi connectivity index (χ2n) is 6.69. The van der Waals surface area contributed by atoms with E-state index in [1.54, 1.807) is 18.3 Å². The molecule has 2 aromatic carbocycles. The number of carbonyl (C=O) groups excluding carboxylic acids is 1. The van der Waals surface area contributed by atoms with Crippen molar-refractivity contribution in [1.82, 2.24) is 19.9 Å². The summed E-state index contributed by atoms with van der Waals surface area (Å²) in [5.41, 5.74) is 3.72. The van der Waals surface area contributed by atoms with Gasteiger partial charge in [0.05, 0.1) is 17.1 Å². The summed E-state index contributed by atoms with van der Waals surface area (Å²) >= 11 is 0. The minimum Gasteiger partial charge on any atom is -0.350 e. The second-order valence-corrected chi connectivity index (χ2v) is 6.69. The Hall–Kier alpha value is -3.47. The first kappa shape index (κ1) is 17.9. The smallest absolute Gasteiger partial charge is 0.269 e. The summed E-state index contributed by atoms with van der Waals surface area (Å²) in [6.07, 6.45) is 2.26. The minimum atomic E-state index is -0.167. The van der Waals surface area contributed by atoms with Gasteiger partial charge in [0.2, 0.25) is 0 Å². The largest absolute Gasteiger partial charge is 0.350 e. The predicted octanol–water partition coefficient (Wildman–Crippen LogP) is 4.01. The molecule has 0 fully saturated rings. The molecule has 2 aromatic heterocycles. The normalized spacial score (nSPS) is 12.0. The number of nitrogens with one attached hydrogen (secondary N) is 1. The number of amides is 1. The van der Waals surface area contributed by atoms with E-state index >= 15 is 0 Å². The number of fused-ring (bicyclic) bond motifs is 1. The molecule has 5 nitrogen and oxygen atoms in total. The first-order valence-electron chi connectivity index (χ1n) is 9.44. The van der Waals surface area contributed by atoms with E-state index in [2.05, 4.69) is 52.1 Å². The summed E-state index contributed by atoms with van der Waals surface area (Å²) in [6, 6.07) is 24.0. The van der Waals surface area contributed by atoms with Gasteiger partial charge in [-0.25, -0.2) is 4.98 Å². The Bertz CT molecular complexity index is 1070. The van der Waals surface area contributed by atoms with E-state index in [0.717, 1.165) is 16.9 Å². The number of aromatic nitrogens is 3. The fourth-order valence-electron chi connectivity index (χ4n) is 3.46. The maximum atomic E-state index is 12.2. The molecule has 0 radical (unpaired) electrons. The van der Waals surface area contributed by atoms with Crippen LogP contribution in [0.5, 0.6) is 0 Å². The van der Waals surface area contributed by atoms with Gasteiger partial charge in [0, 0.05) is 19.2 Å². The SMILES string of the molecule is CC(c1ccccc1)n1c(CCNC(=O)c2ccccn2)nc2ccccc21. The lowest BCUT2D eigenvalue weighted by molar-refractivity contribution is 0.0949. The third kappa shape index (κ3) is 3.64. The first-order chi connectivity index (χ1) is 13.7. The molecule has 4 aromatic rings. The molecule has 0 saturated carbocycles. The highest BCUT2D eigenvalue weighted by Crippen LogP contribution is 2.26. The number of hydrogen-bond acceptors (Lipinski definition) is 3. The molecule has 1 unspecified atom stereocenters. The van der Waals surface area contributed by atoms with Crippen LogP contribution in [0.3, 0.4) is 0 Å². The summed E-state index contributed by atoms with van der Waals surface area (Å²) in [5.74, 6) is 0.790. The number of hydrogen-bond donors (Lipinski definition) is 1. The van der Waals surface area contributed by atoms with Crippen LogP contribution in [0.2, 0.25) is 0 Å². The van der Waals surface area contributed by atoms with Gasteiger partial charge in [-0.05, 0) is 36.8 Å². The number of para-hydroxylation sites is 2. The van der Waals surface area contributed by atoms with Gasteiger partial charge in [0.25, 0.3) is 5.91 Å². The topological polar surface area (TPSA) is 59.8 Å². The van der Waals surface area contributed by atoms with Gasteiger partial charge in [-0.1, -0.05) is 48.5 Å². The molecule has 1 atom stereocenters. The fourth-order valence-corrected chi connectivity index (χ4v) is 3.46. The zero-order valence-electron chi connectivity index (χ0n) is 15.7. The van der Waals surface area contributed by atoms with Gasteiger partial charge < -0.3 is 9.88 Å². The van der Waals surface area contributed by atoms with Gasteiger partial charge in [0.1, 0.15) is 11.5 Å². The van der Waals surface area contributed by atoms with Crippen LogP contribution >= 0.6 is 0 Å². The van der Waals surface area contributed by atoms with Crippen LogP contribution in [0.15, 0.2) is 79.0 Å². The molecule has 0 aliphatic carbocycles. The summed E-state index contributed by atoms with van der Waals surface area (Å²) in [6.45, 7) is 2.68. The van der Waals surface area contributed by atoms with Crippen LogP contribution in [0.4, 0.5) is 0 Å². The molecule has 1 N–H and O–H groups in total. The van der Waals surface area contributed by atoms with Gasteiger partial charge >= 0.3 is 0 Å². The van der Waals surface area contributed by atoms with Gasteiger partial charge in [-0.3, -0.25) is 9.78 Å². The third-order valence-corrected chi connectivity index (χ3v) is 4.87. The molecular weight excluding hydrogens is 348 g/mol. The average molecular weight is 370 g/mol. The lowest BCUT2D eigenvalue weighted by Crippen LogP contribution is -2.27. The molecule has 28 heavy (non-hydrogen) atoms. The molecule has 0 saturated heterocycles. The summed E-state index contributed by atoms with van der Waals surface area (Å²) < 4.78 is 2.26. The Morgan fingerprint density at radius 1 is 1.00 bits per heavy atom. The van der Waals surface area contributed by atoms with Crippen LogP contribution in [0.1, 0.15) is 34.8 Å². The first-order valence-corrected chi connectivity index (χ1v) is 9.44. The van der Waals surface area contributed by atoms with E-state index in [-0.39, 0.29) is 11.9 Å². The van der Waals surface area contributed by atoms with Crippen LogP contribution in [-0.2, 0) is 6.42 Å². The van der Waals surface area contributed by atoms with Crippen molar-refractivity contribution in [3.8, 4) is 0 Å². The number of pyridine rings is 1. The van der Waals surface area contributed by atoms with Gasteiger partial charge in [-0.2, -0.15) is 0 Å². The number of benzene rings is 2. The summed E-state index contributed by atoms with van der Waals surface area (Å²) in [4.78, 5) is 21.2. The van der Waals surface area contributed by atoms with Crippen LogP contribution in [0, 0.1) is 0 Å². The average Bonchev–Trinajstić information content (AvgIpc) is 3.12. The van der Waals surface area contributed by atoms with Crippen molar-refractivity contribution in [2.75, 3.05) is 6.54 Å². The zero-order valence-corrected chi connectivity index (χ0v) is 15.7. The van der Waals surface area contributed by atoms with Crippen molar-refractivity contribution in [2.45, 2.75) is 19.4 Å². The molecule has 0 bridgehead atoms. The van der Waals surface area contributed by atoms with E-state index < -0.39 is 0 Å². The van der Waals surface area contributed by atoms with Crippen molar-refractivity contribution in [1.29, 1.82) is 0 Å². The zero-order chi connectivity index (χ0) is 19.3. The Morgan fingerprint density at radius 2 is 1.75 bits per heavy atom. The number of rotatable bonds is 6. The second kappa shape index (κ2) is 8.05. The van der Waals surface area contributed by atoms with E-state index in [4.69, 9.17) is 4.98 Å². The maximum Gasteiger partial charge on any atom is 0.269 e. The van der Waals surface area contributed by atoms with Crippen molar-refractivity contribution < 1.29 is 4.79 Å². The Balaban J connectivity index is 1.57. The fraction of sp³-hybridized carbons (Fsp3) is 0.174. The van der Waals surface area contributed by atoms with E-state index in [9.17, 15) is 4.79 Å². The minimum absolute atomic E-state index is 0.148. The Morgan fingerprint density at radius 3 is 2.54 bits per heavy atom. The van der Waals surface area contributed by atoms with Crippen LogP contribution < -0.4 is 5.32 Å². The van der Waals surface area contributed by atoms with Crippen molar-refractivity contribution >= 4 is 16.9 Å². The van der Waals surface area contributed by atoms with Crippen LogP contribution in [-0.4, -0.2) is 27.0 Å². The van der Waals surface area contributed by atoms with Crippen molar-refractivity contribution in [3.63, 3.8) is 0 Å². The standard InChI is InChI=1S/C23H22N4O/c1-17(18-9-3-2-4-10-18)27-21-13-6-5-11-19(21)26-22(27)14-16-25-23(28)20-12-7-8-15-24-20/h2-13,15,17H,14,16H2,1H3,(H,25,28). The monoisotopic (exact) mass is 370 g/mol. The van der Waals surface area contributed by atoms with Crippen LogP contribution in [0.25, 0.3) is 11.0 Å². The van der Waals surface area contributed by atoms with E-state index in [0.29, 0.717) is 18.7 Å². The Kier molecular flexibility index (Phi) is 5.15. The van der Waals surface area contributed by atoms with Gasteiger partial charge in [0.15, 0.2) is 0 Å². The third-order valence-electron chi connectivity index (χ3n) is 4.87. The van der Waals surface area contributed by atoms with E-state index in [1.807, 2.05) is 30.3 Å². The highest BCUT2D eigenvalue weighted by Gasteiger charge is 2.17. The summed E-state index contributed by atoms with van der Waals surface area (Å²) in [5, 5.41) is 2.94. The van der Waals surface area contributed by atoms with E-state index in [1.165, 1.54) is 5.56 Å². The highest BCUT2D eigenvalue weighted by atomic mass is 16.1. The number of carbonyl (C=O) groups is 1. The quantitative estimate of drug-likeness (QED) is 0.558. The number of nitrogens with zero attached hydrogens (tertiary/aromatic N) is 3. The van der Waals surface area contributed by atoms with Crippen molar-refractivity contribution in [2.24, 2.45) is 0 Å². The maximum absolute atomic E-state index is 12.2. The molecule has 2 heterocycles. The Labute approximate surface area is 164 Å². The molecule has 0 spiro atoms. The molecule has 0 aliphatic heterocycles. The van der Waals surface area contributed by atoms with Crippen molar-refractivity contribution in [3.05, 3.63) is 96.1 Å². The molecule has 0 aliphatic rings. The molecule has 1 amide bonds. The molecular formula is C23H22N4O. The lowest BCUT2D eigenvalue weighted by Gasteiger charge is -2.18. The summed E-state index contributed by atoms with van der Waals surface area (Å²) in [7, 11) is 0. The van der Waals surface area contributed by atoms with Gasteiger partial charge in [-0.15, -0.1) is 0 Å².